The molecule has 0 aromatic carbocycles. The highest BCUT2D eigenvalue weighted by atomic mass is 19.1. The van der Waals surface area contributed by atoms with Gasteiger partial charge >= 0.3 is 6.01 Å². The van der Waals surface area contributed by atoms with E-state index in [1.807, 2.05) is 11.9 Å². The molecule has 12 heteroatoms. The van der Waals surface area contributed by atoms with Crippen molar-refractivity contribution in [3.8, 4) is 6.01 Å². The molecule has 2 amide bonds. The van der Waals surface area contributed by atoms with Crippen LogP contribution in [0.15, 0.2) is 0 Å². The minimum Gasteiger partial charge on any atom is -0.467 e. The van der Waals surface area contributed by atoms with Gasteiger partial charge in [0.15, 0.2) is 11.6 Å². The number of methoxy groups -OCH3 is 1. The highest BCUT2D eigenvalue weighted by Gasteiger charge is 2.28. The number of halogens is 1. The van der Waals surface area contributed by atoms with Crippen molar-refractivity contribution >= 4 is 24.0 Å². The molecule has 0 bridgehead atoms. The Bertz CT molecular complexity index is 840. The number of anilines is 2. The first-order valence-electron chi connectivity index (χ1n) is 11.9. The van der Waals surface area contributed by atoms with Crippen LogP contribution in [0.2, 0.25) is 0 Å². The van der Waals surface area contributed by atoms with Crippen LogP contribution in [0, 0.1) is 17.7 Å². The highest BCUT2D eigenvalue weighted by Crippen LogP contribution is 2.30. The number of nitrogens with one attached hydrogen (secondary N) is 2. The monoisotopic (exact) mass is 481 g/mol. The fraction of sp³-hybridized carbons (Fsp3) is 0.727. The number of hydrogen-bond donors (Lipinski definition) is 3. The van der Waals surface area contributed by atoms with E-state index in [0.717, 1.165) is 25.8 Å². The normalized spacial score (nSPS) is 20.1. The lowest BCUT2D eigenvalue weighted by molar-refractivity contribution is -0.154. The number of carbonyl (C=O) groups is 2. The Morgan fingerprint density at radius 1 is 1.35 bits per heavy atom. The van der Waals surface area contributed by atoms with Crippen LogP contribution in [-0.4, -0.2) is 83.8 Å². The fourth-order valence-electron chi connectivity index (χ4n) is 4.57. The summed E-state index contributed by atoms with van der Waals surface area (Å²) in [5.41, 5.74) is 5.04. The van der Waals surface area contributed by atoms with Crippen molar-refractivity contribution in [2.75, 3.05) is 50.7 Å². The first-order valence-corrected chi connectivity index (χ1v) is 11.9. The molecule has 1 aliphatic heterocycles. The van der Waals surface area contributed by atoms with Crippen molar-refractivity contribution in [2.45, 2.75) is 51.5 Å². The van der Waals surface area contributed by atoms with Gasteiger partial charge in [0.25, 0.3) is 0 Å². The number of hydroxylamine groups is 2. The largest absolute Gasteiger partial charge is 0.467 e. The van der Waals surface area contributed by atoms with Crippen LogP contribution in [0.3, 0.4) is 0 Å². The molecule has 11 nitrogen and oxygen atoms in total. The van der Waals surface area contributed by atoms with Crippen LogP contribution < -0.4 is 20.5 Å². The molecular weight excluding hydrogens is 445 g/mol. The number of rotatable bonds is 11. The van der Waals surface area contributed by atoms with Crippen LogP contribution >= 0.6 is 0 Å². The summed E-state index contributed by atoms with van der Waals surface area (Å²) < 4.78 is 20.5. The average molecular weight is 482 g/mol. The number of amides is 2. The molecule has 0 radical (unpaired) electrons. The molecule has 1 saturated carbocycles. The maximum Gasteiger partial charge on any atom is 0.320 e. The van der Waals surface area contributed by atoms with E-state index in [0.29, 0.717) is 30.5 Å². The van der Waals surface area contributed by atoms with E-state index in [4.69, 9.17) is 4.74 Å². The molecule has 1 aromatic rings. The number of aromatic nitrogens is 2. The van der Waals surface area contributed by atoms with Crippen LogP contribution in [0.1, 0.15) is 45.4 Å². The average Bonchev–Trinajstić information content (AvgIpc) is 3.36. The summed E-state index contributed by atoms with van der Waals surface area (Å²) in [6.45, 7) is 3.83. The first-order chi connectivity index (χ1) is 16.3. The summed E-state index contributed by atoms with van der Waals surface area (Å²) >= 11 is 0. The Balaban J connectivity index is 1.69. The van der Waals surface area contributed by atoms with E-state index in [2.05, 4.69) is 32.6 Å². The maximum absolute atomic E-state index is 15.3. The fourth-order valence-corrected chi connectivity index (χ4v) is 4.57. The number of carbonyl (C=O) groups excluding carboxylic acids is 2. The van der Waals surface area contributed by atoms with Crippen LogP contribution in [0.4, 0.5) is 16.0 Å². The number of hydrazine groups is 1. The number of likely N-dealkylation sites (N-methyl/N-ethyl adjacent to an activating group) is 1. The Hall–Kier alpha value is -2.73. The zero-order chi connectivity index (χ0) is 24.7. The zero-order valence-corrected chi connectivity index (χ0v) is 20.2. The van der Waals surface area contributed by atoms with Gasteiger partial charge in [-0.2, -0.15) is 14.4 Å². The summed E-state index contributed by atoms with van der Waals surface area (Å²) in [6.07, 6.45) is 6.22. The van der Waals surface area contributed by atoms with E-state index in [-0.39, 0.29) is 36.6 Å². The molecule has 34 heavy (non-hydrogen) atoms. The predicted molar refractivity (Wildman–Crippen MR) is 124 cm³/mol. The Morgan fingerprint density at radius 2 is 2.09 bits per heavy atom. The van der Waals surface area contributed by atoms with Gasteiger partial charge in [-0.15, -0.1) is 0 Å². The van der Waals surface area contributed by atoms with Crippen molar-refractivity contribution < 1.29 is 23.9 Å². The third kappa shape index (κ3) is 6.66. The molecule has 2 atom stereocenters. The summed E-state index contributed by atoms with van der Waals surface area (Å²) in [7, 11) is 3.41. The first kappa shape index (κ1) is 25.9. The Morgan fingerprint density at radius 3 is 2.74 bits per heavy atom. The lowest BCUT2D eigenvalue weighted by Crippen LogP contribution is -2.50. The van der Waals surface area contributed by atoms with Crippen molar-refractivity contribution in [3.63, 3.8) is 0 Å². The molecule has 3 rings (SSSR count). The van der Waals surface area contributed by atoms with E-state index in [9.17, 15) is 14.8 Å². The lowest BCUT2D eigenvalue weighted by atomic mass is 9.94. The van der Waals surface area contributed by atoms with E-state index < -0.39 is 17.6 Å². The van der Waals surface area contributed by atoms with E-state index in [1.165, 1.54) is 20.0 Å². The molecular formula is C22H36FN7O4. The SMILES string of the molecule is COc1nc(NNC(=O)[C@H](CCC2CCCC2)CN(O)C=O)c(F)c(N2CCN(C)[C@H](C)C2)n1. The second-order valence-corrected chi connectivity index (χ2v) is 9.24. The van der Waals surface area contributed by atoms with Crippen molar-refractivity contribution in [1.82, 2.24) is 25.4 Å². The standard InChI is InChI=1S/C22H36FN7O4/c1-15-12-29(11-10-28(15)2)20-18(23)19(24-22(25-20)34-3)26-27-21(32)17(13-30(33)14-31)9-8-16-6-4-5-7-16/h14-17,33H,4-13H2,1-3H3,(H,27,32)(H,24,25,26)/t15-,17-/m1/s1. The van der Waals surface area contributed by atoms with Crippen molar-refractivity contribution in [2.24, 2.45) is 11.8 Å². The van der Waals surface area contributed by atoms with Gasteiger partial charge in [-0.25, -0.2) is 5.06 Å². The van der Waals surface area contributed by atoms with Crippen molar-refractivity contribution in [1.29, 1.82) is 0 Å². The minimum absolute atomic E-state index is 0.0278. The molecule has 0 unspecified atom stereocenters. The summed E-state index contributed by atoms with van der Waals surface area (Å²) in [6, 6.07) is 0.185. The second-order valence-electron chi connectivity index (χ2n) is 9.24. The predicted octanol–water partition coefficient (Wildman–Crippen LogP) is 1.64. The van der Waals surface area contributed by atoms with Crippen LogP contribution in [0.25, 0.3) is 0 Å². The van der Waals surface area contributed by atoms with Gasteiger partial charge in [0.2, 0.25) is 18.1 Å². The quantitative estimate of drug-likeness (QED) is 0.246. The van der Waals surface area contributed by atoms with Gasteiger partial charge in [-0.3, -0.25) is 25.6 Å². The topological polar surface area (TPSA) is 123 Å². The van der Waals surface area contributed by atoms with Gasteiger partial charge in [-0.1, -0.05) is 25.7 Å². The molecule has 2 fully saturated rings. The summed E-state index contributed by atoms with van der Waals surface area (Å²) in [5, 5.41) is 10.1. The number of hydrogen-bond acceptors (Lipinski definition) is 9. The van der Waals surface area contributed by atoms with Crippen LogP contribution in [-0.2, 0) is 9.59 Å². The van der Waals surface area contributed by atoms with E-state index >= 15 is 4.39 Å². The Kier molecular flexibility index (Phi) is 9.22. The third-order valence-corrected chi connectivity index (χ3v) is 6.86. The van der Waals surface area contributed by atoms with Gasteiger partial charge in [0.05, 0.1) is 19.6 Å². The zero-order valence-electron chi connectivity index (χ0n) is 20.2. The van der Waals surface area contributed by atoms with Crippen LogP contribution in [0.5, 0.6) is 6.01 Å². The molecule has 0 spiro atoms. The van der Waals surface area contributed by atoms with Gasteiger partial charge in [-0.05, 0) is 32.7 Å². The van der Waals surface area contributed by atoms with Gasteiger partial charge in [0.1, 0.15) is 0 Å². The minimum atomic E-state index is -0.697. The third-order valence-electron chi connectivity index (χ3n) is 6.86. The number of ether oxygens (including phenoxy) is 1. The smallest absolute Gasteiger partial charge is 0.320 e. The maximum atomic E-state index is 15.3. The Labute approximate surface area is 199 Å². The highest BCUT2D eigenvalue weighted by molar-refractivity contribution is 5.80. The molecule has 1 saturated heterocycles. The molecule has 1 aliphatic carbocycles. The molecule has 1 aromatic heterocycles. The van der Waals surface area contributed by atoms with Gasteiger partial charge in [0, 0.05) is 25.7 Å². The number of piperazine rings is 1. The van der Waals surface area contributed by atoms with Gasteiger partial charge < -0.3 is 14.5 Å². The van der Waals surface area contributed by atoms with E-state index in [1.54, 1.807) is 0 Å². The summed E-state index contributed by atoms with van der Waals surface area (Å²) in [5.74, 6) is -1.39. The molecule has 190 valence electrons. The lowest BCUT2D eigenvalue weighted by Gasteiger charge is -2.38. The molecule has 2 aliphatic rings. The summed E-state index contributed by atoms with van der Waals surface area (Å²) in [4.78, 5) is 36.0. The van der Waals surface area contributed by atoms with Crippen molar-refractivity contribution in [3.05, 3.63) is 5.82 Å². The molecule has 3 N–H and O–H groups in total. The molecule has 2 heterocycles. The second kappa shape index (κ2) is 12.1. The number of nitrogens with zero attached hydrogens (tertiary/aromatic N) is 5.